The lowest BCUT2D eigenvalue weighted by Crippen LogP contribution is -2.37. The van der Waals surface area contributed by atoms with Crippen molar-refractivity contribution in [2.45, 2.75) is 32.7 Å². The van der Waals surface area contributed by atoms with Gasteiger partial charge in [-0.25, -0.2) is 4.98 Å². The zero-order valence-corrected chi connectivity index (χ0v) is 12.0. The summed E-state index contributed by atoms with van der Waals surface area (Å²) in [7, 11) is 0. The number of aliphatic hydroxyl groups is 1. The van der Waals surface area contributed by atoms with Crippen molar-refractivity contribution in [3.8, 4) is 0 Å². The van der Waals surface area contributed by atoms with Gasteiger partial charge in [-0.05, 0) is 25.5 Å². The molecule has 0 aliphatic carbocycles. The fourth-order valence-corrected chi connectivity index (χ4v) is 2.99. The van der Waals surface area contributed by atoms with Crippen LogP contribution >= 0.6 is 11.3 Å². The molecule has 0 aliphatic heterocycles. The van der Waals surface area contributed by atoms with Crippen LogP contribution < -0.4 is 5.32 Å². The van der Waals surface area contributed by atoms with Crippen molar-refractivity contribution in [1.29, 1.82) is 0 Å². The van der Waals surface area contributed by atoms with E-state index in [1.54, 1.807) is 6.07 Å². The maximum absolute atomic E-state index is 12.3. The van der Waals surface area contributed by atoms with Crippen LogP contribution in [-0.4, -0.2) is 28.6 Å². The Morgan fingerprint density at radius 1 is 1.53 bits per heavy atom. The van der Waals surface area contributed by atoms with Gasteiger partial charge in [0.25, 0.3) is 5.91 Å². The number of rotatable bonds is 5. The SMILES string of the molecule is CCCC(CO)NC(=O)c1cccc2nc(C)sc12. The van der Waals surface area contributed by atoms with Crippen LogP contribution in [0.3, 0.4) is 0 Å². The number of nitrogens with one attached hydrogen (secondary N) is 1. The molecule has 1 heterocycles. The van der Waals surface area contributed by atoms with E-state index in [4.69, 9.17) is 0 Å². The van der Waals surface area contributed by atoms with Gasteiger partial charge in [-0.2, -0.15) is 0 Å². The van der Waals surface area contributed by atoms with Crippen molar-refractivity contribution in [3.05, 3.63) is 28.8 Å². The number of carbonyl (C=O) groups is 1. The number of aromatic nitrogens is 1. The standard InChI is InChI=1S/C14H18N2O2S/c1-3-5-10(8-17)16-14(18)11-6-4-7-12-13(11)19-9(2)15-12/h4,6-7,10,17H,3,5,8H2,1-2H3,(H,16,18). The summed E-state index contributed by atoms with van der Waals surface area (Å²) >= 11 is 1.52. The molecular weight excluding hydrogens is 260 g/mol. The number of thiazole rings is 1. The fourth-order valence-electron chi connectivity index (χ4n) is 2.06. The quantitative estimate of drug-likeness (QED) is 0.883. The van der Waals surface area contributed by atoms with Gasteiger partial charge in [0, 0.05) is 0 Å². The smallest absolute Gasteiger partial charge is 0.253 e. The summed E-state index contributed by atoms with van der Waals surface area (Å²) < 4.78 is 0.908. The van der Waals surface area contributed by atoms with Gasteiger partial charge in [0.1, 0.15) is 0 Å². The monoisotopic (exact) mass is 278 g/mol. The van der Waals surface area contributed by atoms with Crippen LogP contribution in [-0.2, 0) is 0 Å². The Hall–Kier alpha value is -1.46. The largest absolute Gasteiger partial charge is 0.394 e. The highest BCUT2D eigenvalue weighted by molar-refractivity contribution is 7.18. The van der Waals surface area contributed by atoms with Gasteiger partial charge < -0.3 is 10.4 Å². The summed E-state index contributed by atoms with van der Waals surface area (Å²) in [5, 5.41) is 13.1. The second-order valence-electron chi connectivity index (χ2n) is 4.53. The molecule has 1 amide bonds. The molecule has 1 aromatic heterocycles. The first-order valence-electron chi connectivity index (χ1n) is 6.43. The summed E-state index contributed by atoms with van der Waals surface area (Å²) in [6.45, 7) is 3.93. The molecule has 1 aromatic carbocycles. The molecule has 2 aromatic rings. The van der Waals surface area contributed by atoms with Crippen LogP contribution in [0.25, 0.3) is 10.2 Å². The minimum Gasteiger partial charge on any atom is -0.394 e. The van der Waals surface area contributed by atoms with E-state index in [9.17, 15) is 9.90 Å². The Balaban J connectivity index is 2.26. The van der Waals surface area contributed by atoms with Crippen LogP contribution in [0.5, 0.6) is 0 Å². The highest BCUT2D eigenvalue weighted by Crippen LogP contribution is 2.25. The second-order valence-corrected chi connectivity index (χ2v) is 5.73. The second kappa shape index (κ2) is 6.12. The first-order chi connectivity index (χ1) is 9.15. The highest BCUT2D eigenvalue weighted by atomic mass is 32.1. The normalized spacial score (nSPS) is 12.6. The van der Waals surface area contributed by atoms with Gasteiger partial charge in [-0.1, -0.05) is 19.4 Å². The van der Waals surface area contributed by atoms with Crippen molar-refractivity contribution < 1.29 is 9.90 Å². The topological polar surface area (TPSA) is 62.2 Å². The van der Waals surface area contributed by atoms with Crippen LogP contribution in [0, 0.1) is 6.92 Å². The minimum atomic E-state index is -0.179. The molecule has 5 heteroatoms. The molecule has 0 aliphatic rings. The molecule has 0 fully saturated rings. The Morgan fingerprint density at radius 3 is 3.00 bits per heavy atom. The third-order valence-corrected chi connectivity index (χ3v) is 3.98. The van der Waals surface area contributed by atoms with E-state index in [-0.39, 0.29) is 18.6 Å². The predicted molar refractivity (Wildman–Crippen MR) is 77.6 cm³/mol. The van der Waals surface area contributed by atoms with E-state index >= 15 is 0 Å². The Bertz CT molecular complexity index is 580. The minimum absolute atomic E-state index is 0.0305. The number of nitrogens with zero attached hydrogens (tertiary/aromatic N) is 1. The number of aliphatic hydroxyl groups excluding tert-OH is 1. The highest BCUT2D eigenvalue weighted by Gasteiger charge is 2.16. The third kappa shape index (κ3) is 3.11. The zero-order valence-electron chi connectivity index (χ0n) is 11.1. The van der Waals surface area contributed by atoms with E-state index < -0.39 is 0 Å². The molecule has 2 N–H and O–H groups in total. The van der Waals surface area contributed by atoms with Crippen LogP contribution in [0.15, 0.2) is 18.2 Å². The van der Waals surface area contributed by atoms with Crippen LogP contribution in [0.1, 0.15) is 35.1 Å². The third-order valence-electron chi connectivity index (χ3n) is 2.96. The number of hydrogen-bond donors (Lipinski definition) is 2. The first-order valence-corrected chi connectivity index (χ1v) is 7.25. The fraction of sp³-hybridized carbons (Fsp3) is 0.429. The number of hydrogen-bond acceptors (Lipinski definition) is 4. The molecule has 1 unspecified atom stereocenters. The van der Waals surface area contributed by atoms with Crippen LogP contribution in [0.4, 0.5) is 0 Å². The molecular formula is C14H18N2O2S. The van der Waals surface area contributed by atoms with E-state index in [1.807, 2.05) is 26.0 Å². The molecule has 1 atom stereocenters. The Morgan fingerprint density at radius 2 is 2.32 bits per heavy atom. The molecule has 0 spiro atoms. The summed E-state index contributed by atoms with van der Waals surface area (Å²) in [5.41, 5.74) is 1.49. The van der Waals surface area contributed by atoms with E-state index in [2.05, 4.69) is 10.3 Å². The average molecular weight is 278 g/mol. The molecule has 2 rings (SSSR count). The summed E-state index contributed by atoms with van der Waals surface area (Å²) in [6.07, 6.45) is 1.70. The average Bonchev–Trinajstić information content (AvgIpc) is 2.77. The Kier molecular flexibility index (Phi) is 4.50. The number of aryl methyl sites for hydroxylation is 1. The zero-order chi connectivity index (χ0) is 13.8. The number of carbonyl (C=O) groups excluding carboxylic acids is 1. The van der Waals surface area contributed by atoms with Gasteiger partial charge in [0.2, 0.25) is 0 Å². The predicted octanol–water partition coefficient (Wildman–Crippen LogP) is 2.50. The maximum atomic E-state index is 12.3. The molecule has 19 heavy (non-hydrogen) atoms. The molecule has 4 nitrogen and oxygen atoms in total. The van der Waals surface area contributed by atoms with Gasteiger partial charge >= 0.3 is 0 Å². The van der Waals surface area contributed by atoms with E-state index in [1.165, 1.54) is 11.3 Å². The lowest BCUT2D eigenvalue weighted by atomic mass is 10.1. The molecule has 0 radical (unpaired) electrons. The Labute approximate surface area is 116 Å². The molecule has 102 valence electrons. The molecule has 0 saturated heterocycles. The number of fused-ring (bicyclic) bond motifs is 1. The molecule has 0 bridgehead atoms. The van der Waals surface area contributed by atoms with E-state index in [0.717, 1.165) is 28.1 Å². The van der Waals surface area contributed by atoms with Gasteiger partial charge in [-0.3, -0.25) is 4.79 Å². The van der Waals surface area contributed by atoms with Crippen LogP contribution in [0.2, 0.25) is 0 Å². The molecule has 0 saturated carbocycles. The van der Waals surface area contributed by atoms with Gasteiger partial charge in [0.15, 0.2) is 0 Å². The van der Waals surface area contributed by atoms with Crippen molar-refractivity contribution in [2.24, 2.45) is 0 Å². The van der Waals surface area contributed by atoms with Crippen molar-refractivity contribution >= 4 is 27.5 Å². The number of amides is 1. The maximum Gasteiger partial charge on any atom is 0.253 e. The first kappa shape index (κ1) is 14.0. The van der Waals surface area contributed by atoms with E-state index in [0.29, 0.717) is 5.56 Å². The van der Waals surface area contributed by atoms with Gasteiger partial charge in [0.05, 0.1) is 33.4 Å². The summed E-state index contributed by atoms with van der Waals surface area (Å²) in [5.74, 6) is -0.137. The van der Waals surface area contributed by atoms with Gasteiger partial charge in [-0.15, -0.1) is 11.3 Å². The summed E-state index contributed by atoms with van der Waals surface area (Å²) in [6, 6.07) is 5.37. The lowest BCUT2D eigenvalue weighted by molar-refractivity contribution is 0.0915. The van der Waals surface area contributed by atoms with Crippen molar-refractivity contribution in [3.63, 3.8) is 0 Å². The summed E-state index contributed by atoms with van der Waals surface area (Å²) in [4.78, 5) is 16.6. The van der Waals surface area contributed by atoms with Crippen molar-refractivity contribution in [2.75, 3.05) is 6.61 Å². The number of benzene rings is 1. The van der Waals surface area contributed by atoms with Crippen molar-refractivity contribution in [1.82, 2.24) is 10.3 Å². The lowest BCUT2D eigenvalue weighted by Gasteiger charge is -2.15.